The molecule has 0 unspecified atom stereocenters. The summed E-state index contributed by atoms with van der Waals surface area (Å²) in [4.78, 5) is 39.0. The van der Waals surface area contributed by atoms with Crippen LogP contribution in [0, 0.1) is 5.82 Å². The van der Waals surface area contributed by atoms with E-state index in [1.165, 1.54) is 24.0 Å². The number of pyridine rings is 2. The van der Waals surface area contributed by atoms with Crippen molar-refractivity contribution in [2.45, 2.75) is 36.4 Å². The van der Waals surface area contributed by atoms with Gasteiger partial charge in [0.2, 0.25) is 0 Å². The first-order valence-corrected chi connectivity index (χ1v) is 14.3. The normalized spacial score (nSPS) is 18.5. The molecule has 0 radical (unpaired) electrons. The number of aliphatic carboxylic acids is 2. The molecule has 3 aliphatic rings. The number of piperidine rings is 1. The number of carboxylic acid groups (broad SMARTS) is 2. The molecule has 6 heterocycles. The highest BCUT2D eigenvalue weighted by atomic mass is 32.2. The van der Waals surface area contributed by atoms with Gasteiger partial charge in [-0.15, -0.1) is 16.9 Å². The monoisotopic (exact) mass is 600 g/mol. The molecular formula is C27H29FN6O7S. The smallest absolute Gasteiger partial charge is 0.328 e. The molecule has 3 aliphatic heterocycles. The predicted molar refractivity (Wildman–Crippen MR) is 149 cm³/mol. The van der Waals surface area contributed by atoms with Crippen LogP contribution in [0.2, 0.25) is 0 Å². The van der Waals surface area contributed by atoms with E-state index < -0.39 is 11.9 Å². The summed E-state index contributed by atoms with van der Waals surface area (Å²) in [6.07, 6.45) is 4.37. The molecule has 0 aromatic carbocycles. The number of ether oxygens (including phenoxy) is 2. The second-order valence-electron chi connectivity index (χ2n) is 9.84. The maximum Gasteiger partial charge on any atom is 0.328 e. The van der Waals surface area contributed by atoms with Crippen molar-refractivity contribution < 1.29 is 33.7 Å². The van der Waals surface area contributed by atoms with Crippen molar-refractivity contribution in [3.63, 3.8) is 0 Å². The second-order valence-corrected chi connectivity index (χ2v) is 10.9. The second kappa shape index (κ2) is 13.3. The Morgan fingerprint density at radius 1 is 1.12 bits per heavy atom. The number of carbonyl (C=O) groups is 2. The number of nitrogens with one attached hydrogen (secondary N) is 1. The molecule has 6 rings (SSSR count). The maximum absolute atomic E-state index is 14.3. The van der Waals surface area contributed by atoms with Gasteiger partial charge in [0.05, 0.1) is 33.9 Å². The third-order valence-corrected chi connectivity index (χ3v) is 8.22. The van der Waals surface area contributed by atoms with Crippen LogP contribution in [-0.2, 0) is 16.1 Å². The summed E-state index contributed by atoms with van der Waals surface area (Å²) in [7, 11) is 0. The molecule has 42 heavy (non-hydrogen) atoms. The zero-order valence-electron chi connectivity index (χ0n) is 22.4. The van der Waals surface area contributed by atoms with E-state index in [2.05, 4.69) is 25.4 Å². The van der Waals surface area contributed by atoms with Gasteiger partial charge in [-0.2, -0.15) is 5.10 Å². The highest BCUT2D eigenvalue weighted by Crippen LogP contribution is 2.37. The molecule has 13 nitrogen and oxygen atoms in total. The highest BCUT2D eigenvalue weighted by Gasteiger charge is 2.29. The fourth-order valence-electron chi connectivity index (χ4n) is 5.05. The summed E-state index contributed by atoms with van der Waals surface area (Å²) < 4.78 is 27.1. The Morgan fingerprint density at radius 3 is 2.60 bits per heavy atom. The summed E-state index contributed by atoms with van der Waals surface area (Å²) in [5.41, 5.74) is 2.03. The lowest BCUT2D eigenvalue weighted by atomic mass is 10.0. The third-order valence-electron chi connectivity index (χ3n) is 6.99. The molecule has 1 saturated heterocycles. The highest BCUT2D eigenvalue weighted by molar-refractivity contribution is 7.99. The summed E-state index contributed by atoms with van der Waals surface area (Å²) in [5, 5.41) is 27.5. The van der Waals surface area contributed by atoms with Gasteiger partial charge in [-0.1, -0.05) is 0 Å². The molecule has 1 atom stereocenters. The number of halogens is 1. The van der Waals surface area contributed by atoms with Crippen LogP contribution in [0.3, 0.4) is 0 Å². The van der Waals surface area contributed by atoms with E-state index in [9.17, 15) is 18.8 Å². The van der Waals surface area contributed by atoms with Crippen LogP contribution in [0.15, 0.2) is 46.2 Å². The number of carboxylic acids is 2. The predicted octanol–water partition coefficient (Wildman–Crippen LogP) is 1.71. The Kier molecular flexibility index (Phi) is 9.29. The minimum absolute atomic E-state index is 0.00482. The lowest BCUT2D eigenvalue weighted by Gasteiger charge is -2.36. The Morgan fingerprint density at radius 2 is 1.86 bits per heavy atom. The molecule has 0 spiro atoms. The van der Waals surface area contributed by atoms with Gasteiger partial charge in [0, 0.05) is 49.2 Å². The van der Waals surface area contributed by atoms with Crippen LogP contribution in [0.5, 0.6) is 11.6 Å². The minimum atomic E-state index is -1.26. The third kappa shape index (κ3) is 7.03. The number of hydrogen-bond acceptors (Lipinski definition) is 11. The molecule has 15 heteroatoms. The summed E-state index contributed by atoms with van der Waals surface area (Å²) in [5.74, 6) is -1.08. The number of aromatic nitrogens is 4. The molecule has 0 bridgehead atoms. The van der Waals surface area contributed by atoms with E-state index in [0.717, 1.165) is 38.2 Å². The average molecular weight is 601 g/mol. The van der Waals surface area contributed by atoms with Gasteiger partial charge in [0.1, 0.15) is 13.2 Å². The van der Waals surface area contributed by atoms with Crippen molar-refractivity contribution in [1.29, 1.82) is 0 Å². The Hall–Kier alpha value is -4.08. The molecule has 0 saturated carbocycles. The standard InChI is InChI=1S/C23H25FN6O3S.C4H4O4/c24-17-11-26-18-1-2-20(31)30-16(13-34-22(17)21(18)30)12-29-5-3-14(4-6-29)25-10-15-9-19-23(28-27-15)33-8-7-32-19;5-3(6)1-2-4(7)8/h1-2,9,11,14,16,25H,3-8,10,12-13H2;1-2H,(H,5,6)(H,7,8)/t16-;/m1./s1. The van der Waals surface area contributed by atoms with E-state index >= 15 is 0 Å². The quantitative estimate of drug-likeness (QED) is 0.336. The van der Waals surface area contributed by atoms with Crippen molar-refractivity contribution in [3.8, 4) is 11.6 Å². The Balaban J connectivity index is 0.000000390. The fourth-order valence-corrected chi connectivity index (χ4v) is 6.19. The van der Waals surface area contributed by atoms with Crippen molar-refractivity contribution >= 4 is 34.7 Å². The van der Waals surface area contributed by atoms with Gasteiger partial charge in [-0.05, 0) is 32.0 Å². The lowest BCUT2D eigenvalue weighted by molar-refractivity contribution is -0.134. The zero-order chi connectivity index (χ0) is 29.6. The first kappa shape index (κ1) is 29.4. The van der Waals surface area contributed by atoms with Crippen LogP contribution in [0.4, 0.5) is 4.39 Å². The zero-order valence-corrected chi connectivity index (χ0v) is 23.3. The summed E-state index contributed by atoms with van der Waals surface area (Å²) >= 11 is 1.48. The Bertz CT molecular complexity index is 1540. The molecule has 3 aromatic heterocycles. The molecule has 0 aliphatic carbocycles. The molecule has 0 amide bonds. The lowest BCUT2D eigenvalue weighted by Crippen LogP contribution is -2.45. The Labute approximate surface area is 243 Å². The molecule has 222 valence electrons. The molecule has 3 aromatic rings. The van der Waals surface area contributed by atoms with Crippen LogP contribution in [0.25, 0.3) is 11.0 Å². The fraction of sp³-hybridized carbons (Fsp3) is 0.407. The molecule has 3 N–H and O–H groups in total. The first-order chi connectivity index (χ1) is 20.3. The maximum atomic E-state index is 14.3. The van der Waals surface area contributed by atoms with Gasteiger partial charge >= 0.3 is 11.9 Å². The number of fused-ring (bicyclic) bond motifs is 1. The van der Waals surface area contributed by atoms with Gasteiger partial charge in [0.25, 0.3) is 11.4 Å². The van der Waals surface area contributed by atoms with E-state index in [4.69, 9.17) is 19.7 Å². The van der Waals surface area contributed by atoms with Crippen molar-refractivity contribution in [1.82, 2.24) is 30.0 Å². The van der Waals surface area contributed by atoms with Crippen molar-refractivity contribution in [2.75, 3.05) is 38.6 Å². The SMILES string of the molecule is O=C(O)C=CC(=O)O.O=c1ccc2ncc(F)c3c2n1[C@H](CN1CCC(NCc2cc4c(nn2)OCCO4)CC1)CS3. The first-order valence-electron chi connectivity index (χ1n) is 13.3. The van der Waals surface area contributed by atoms with E-state index in [0.29, 0.717) is 71.3 Å². The van der Waals surface area contributed by atoms with E-state index in [1.807, 2.05) is 6.07 Å². The van der Waals surface area contributed by atoms with Gasteiger partial charge in [-0.25, -0.2) is 14.0 Å². The van der Waals surface area contributed by atoms with E-state index in [1.54, 1.807) is 10.6 Å². The van der Waals surface area contributed by atoms with Crippen LogP contribution in [-0.4, -0.2) is 91.4 Å². The van der Waals surface area contributed by atoms with Gasteiger partial charge in [0.15, 0.2) is 11.6 Å². The van der Waals surface area contributed by atoms with Gasteiger partial charge < -0.3 is 34.5 Å². The van der Waals surface area contributed by atoms with Crippen LogP contribution < -0.4 is 20.3 Å². The number of nitrogens with zero attached hydrogens (tertiary/aromatic N) is 5. The number of thioether (sulfide) groups is 1. The van der Waals surface area contributed by atoms with Crippen molar-refractivity contribution in [2.24, 2.45) is 0 Å². The summed E-state index contributed by atoms with van der Waals surface area (Å²) in [6, 6.07) is 5.49. The van der Waals surface area contributed by atoms with Crippen LogP contribution >= 0.6 is 11.8 Å². The van der Waals surface area contributed by atoms with E-state index in [-0.39, 0.29) is 17.4 Å². The molecular weight excluding hydrogens is 571 g/mol. The number of rotatable bonds is 7. The van der Waals surface area contributed by atoms with Crippen molar-refractivity contribution in [3.05, 3.63) is 58.4 Å². The average Bonchev–Trinajstić information content (AvgIpc) is 2.99. The topological polar surface area (TPSA) is 169 Å². The minimum Gasteiger partial charge on any atom is -0.484 e. The number of likely N-dealkylation sites (tertiary alicyclic amines) is 1. The van der Waals surface area contributed by atoms with Crippen LogP contribution in [0.1, 0.15) is 24.6 Å². The molecule has 1 fully saturated rings. The summed E-state index contributed by atoms with van der Waals surface area (Å²) in [6.45, 7) is 4.29. The number of hydrogen-bond donors (Lipinski definition) is 3. The van der Waals surface area contributed by atoms with Gasteiger partial charge in [-0.3, -0.25) is 9.78 Å². The largest absolute Gasteiger partial charge is 0.484 e.